The third-order valence-electron chi connectivity index (χ3n) is 4.20. The zero-order chi connectivity index (χ0) is 17.9. The standard InChI is InChI=1S/C18H32O5/c1-14(16(20)21)10-6-4-7-11-15(19)12-8-5-9-13-18(2,3)17(22)23/h10,15,19H,4-9,11-13H2,1-3H3,(H,20,21)(H,22,23)/b14-10-. The van der Waals surface area contributed by atoms with E-state index < -0.39 is 17.4 Å². The van der Waals surface area contributed by atoms with Gasteiger partial charge in [-0.15, -0.1) is 0 Å². The number of aliphatic carboxylic acids is 2. The third kappa shape index (κ3) is 10.9. The van der Waals surface area contributed by atoms with E-state index in [1.165, 1.54) is 0 Å². The third-order valence-corrected chi connectivity index (χ3v) is 4.20. The summed E-state index contributed by atoms with van der Waals surface area (Å²) in [6.07, 6.45) is 8.77. The van der Waals surface area contributed by atoms with Crippen LogP contribution in [0, 0.1) is 5.41 Å². The number of hydrogen-bond donors (Lipinski definition) is 3. The SMILES string of the molecule is C/C(=C/CCCCC(O)CCCCCC(C)(C)C(=O)O)C(=O)O. The lowest BCUT2D eigenvalue weighted by molar-refractivity contribution is -0.147. The van der Waals surface area contributed by atoms with Gasteiger partial charge in [-0.1, -0.05) is 31.8 Å². The highest BCUT2D eigenvalue weighted by molar-refractivity contribution is 5.85. The number of carbonyl (C=O) groups is 2. The van der Waals surface area contributed by atoms with E-state index in [-0.39, 0.29) is 6.10 Å². The molecule has 0 saturated heterocycles. The van der Waals surface area contributed by atoms with Crippen LogP contribution < -0.4 is 0 Å². The molecule has 0 spiro atoms. The number of carboxylic acids is 2. The van der Waals surface area contributed by atoms with E-state index in [1.54, 1.807) is 26.8 Å². The molecule has 1 atom stereocenters. The summed E-state index contributed by atoms with van der Waals surface area (Å²) in [5.41, 5.74) is -0.296. The van der Waals surface area contributed by atoms with Crippen LogP contribution in [0.1, 0.15) is 78.6 Å². The Morgan fingerprint density at radius 3 is 2.09 bits per heavy atom. The summed E-state index contributed by atoms with van der Waals surface area (Å²) in [7, 11) is 0. The molecule has 0 aromatic heterocycles. The Labute approximate surface area is 139 Å². The average Bonchev–Trinajstić information content (AvgIpc) is 2.45. The van der Waals surface area contributed by atoms with Crippen molar-refractivity contribution in [3.8, 4) is 0 Å². The first-order chi connectivity index (χ1) is 10.7. The molecule has 0 amide bonds. The molecule has 0 fully saturated rings. The van der Waals surface area contributed by atoms with Crippen molar-refractivity contribution in [2.75, 3.05) is 0 Å². The van der Waals surface area contributed by atoms with E-state index >= 15 is 0 Å². The minimum absolute atomic E-state index is 0.313. The number of rotatable bonds is 13. The lowest BCUT2D eigenvalue weighted by atomic mass is 9.87. The van der Waals surface area contributed by atoms with E-state index in [9.17, 15) is 14.7 Å². The Bertz CT molecular complexity index is 398. The summed E-state index contributed by atoms with van der Waals surface area (Å²) < 4.78 is 0. The molecule has 0 aromatic carbocycles. The number of hydrogen-bond acceptors (Lipinski definition) is 3. The normalized spacial score (nSPS) is 13.8. The van der Waals surface area contributed by atoms with Crippen LogP contribution in [0.2, 0.25) is 0 Å². The lowest BCUT2D eigenvalue weighted by Crippen LogP contribution is -2.23. The molecule has 0 aliphatic heterocycles. The van der Waals surface area contributed by atoms with Crippen molar-refractivity contribution in [3.05, 3.63) is 11.6 Å². The van der Waals surface area contributed by atoms with Gasteiger partial charge >= 0.3 is 11.9 Å². The van der Waals surface area contributed by atoms with Crippen LogP contribution in [0.15, 0.2) is 11.6 Å². The van der Waals surface area contributed by atoms with Crippen molar-refractivity contribution in [1.82, 2.24) is 0 Å². The first kappa shape index (κ1) is 21.6. The van der Waals surface area contributed by atoms with Crippen LogP contribution >= 0.6 is 0 Å². The first-order valence-electron chi connectivity index (χ1n) is 8.48. The van der Waals surface area contributed by atoms with Crippen LogP contribution in [0.3, 0.4) is 0 Å². The summed E-state index contributed by atoms with van der Waals surface area (Å²) in [5, 5.41) is 27.6. The summed E-state index contributed by atoms with van der Waals surface area (Å²) in [6, 6.07) is 0. The molecule has 0 rings (SSSR count). The van der Waals surface area contributed by atoms with Crippen molar-refractivity contribution in [1.29, 1.82) is 0 Å². The molecule has 5 heteroatoms. The monoisotopic (exact) mass is 328 g/mol. The average molecular weight is 328 g/mol. The van der Waals surface area contributed by atoms with Crippen LogP contribution in [-0.4, -0.2) is 33.4 Å². The molecular formula is C18H32O5. The maximum atomic E-state index is 11.0. The van der Waals surface area contributed by atoms with Gasteiger partial charge in [-0.2, -0.15) is 0 Å². The minimum Gasteiger partial charge on any atom is -0.481 e. The van der Waals surface area contributed by atoms with Gasteiger partial charge in [0.15, 0.2) is 0 Å². The molecule has 0 saturated carbocycles. The largest absolute Gasteiger partial charge is 0.481 e. The maximum Gasteiger partial charge on any atom is 0.330 e. The second-order valence-corrected chi connectivity index (χ2v) is 6.92. The summed E-state index contributed by atoms with van der Waals surface area (Å²) in [5.74, 6) is -1.64. The zero-order valence-electron chi connectivity index (χ0n) is 14.7. The molecule has 134 valence electrons. The number of carboxylic acid groups (broad SMARTS) is 2. The highest BCUT2D eigenvalue weighted by Crippen LogP contribution is 2.24. The maximum absolute atomic E-state index is 11.0. The molecule has 23 heavy (non-hydrogen) atoms. The van der Waals surface area contributed by atoms with Gasteiger partial charge in [-0.05, 0) is 52.9 Å². The quantitative estimate of drug-likeness (QED) is 0.351. The first-order valence-corrected chi connectivity index (χ1v) is 8.48. The Morgan fingerprint density at radius 1 is 1.00 bits per heavy atom. The Hall–Kier alpha value is -1.36. The molecule has 0 radical (unpaired) electrons. The van der Waals surface area contributed by atoms with Crippen LogP contribution in [0.5, 0.6) is 0 Å². The van der Waals surface area contributed by atoms with Crippen molar-refractivity contribution in [2.45, 2.75) is 84.7 Å². The van der Waals surface area contributed by atoms with E-state index in [2.05, 4.69) is 0 Å². The molecule has 5 nitrogen and oxygen atoms in total. The molecule has 0 aliphatic rings. The van der Waals surface area contributed by atoms with Gasteiger partial charge < -0.3 is 15.3 Å². The highest BCUT2D eigenvalue weighted by Gasteiger charge is 2.25. The van der Waals surface area contributed by atoms with Gasteiger partial charge in [0.1, 0.15) is 0 Å². The second-order valence-electron chi connectivity index (χ2n) is 6.92. The Kier molecular flexibility index (Phi) is 10.6. The van der Waals surface area contributed by atoms with E-state index in [1.807, 2.05) is 0 Å². The van der Waals surface area contributed by atoms with E-state index in [0.29, 0.717) is 12.0 Å². The summed E-state index contributed by atoms with van der Waals surface area (Å²) >= 11 is 0. The van der Waals surface area contributed by atoms with Gasteiger partial charge in [0.2, 0.25) is 0 Å². The topological polar surface area (TPSA) is 94.8 Å². The molecule has 1 unspecified atom stereocenters. The molecule has 0 aliphatic carbocycles. The molecule has 0 aromatic rings. The molecule has 3 N–H and O–H groups in total. The van der Waals surface area contributed by atoms with Gasteiger partial charge in [-0.3, -0.25) is 4.79 Å². The number of aliphatic hydroxyl groups is 1. The summed E-state index contributed by atoms with van der Waals surface area (Å²) in [6.45, 7) is 5.07. The Balaban J connectivity index is 3.62. The Morgan fingerprint density at radius 2 is 1.57 bits per heavy atom. The van der Waals surface area contributed by atoms with Crippen molar-refractivity contribution < 1.29 is 24.9 Å². The fourth-order valence-electron chi connectivity index (χ4n) is 2.31. The van der Waals surface area contributed by atoms with E-state index in [4.69, 9.17) is 10.2 Å². The predicted octanol–water partition coefficient (Wildman–Crippen LogP) is 4.00. The molecule has 0 heterocycles. The minimum atomic E-state index is -0.879. The number of aliphatic hydroxyl groups excluding tert-OH is 1. The van der Waals surface area contributed by atoms with Gasteiger partial charge in [0.05, 0.1) is 11.5 Å². The van der Waals surface area contributed by atoms with Gasteiger partial charge in [-0.25, -0.2) is 4.79 Å². The van der Waals surface area contributed by atoms with Crippen molar-refractivity contribution in [3.63, 3.8) is 0 Å². The van der Waals surface area contributed by atoms with Crippen molar-refractivity contribution in [2.24, 2.45) is 5.41 Å². The van der Waals surface area contributed by atoms with Crippen molar-refractivity contribution >= 4 is 11.9 Å². The fourth-order valence-corrected chi connectivity index (χ4v) is 2.31. The smallest absolute Gasteiger partial charge is 0.330 e. The van der Waals surface area contributed by atoms with Crippen LogP contribution in [0.4, 0.5) is 0 Å². The molecular weight excluding hydrogens is 296 g/mol. The second kappa shape index (κ2) is 11.2. The fraction of sp³-hybridized carbons (Fsp3) is 0.778. The lowest BCUT2D eigenvalue weighted by Gasteiger charge is -2.18. The van der Waals surface area contributed by atoms with E-state index in [0.717, 1.165) is 51.4 Å². The summed E-state index contributed by atoms with van der Waals surface area (Å²) in [4.78, 5) is 21.6. The zero-order valence-corrected chi connectivity index (χ0v) is 14.7. The predicted molar refractivity (Wildman–Crippen MR) is 90.4 cm³/mol. The highest BCUT2D eigenvalue weighted by atomic mass is 16.4. The van der Waals surface area contributed by atoms with Crippen LogP contribution in [-0.2, 0) is 9.59 Å². The van der Waals surface area contributed by atoms with Gasteiger partial charge in [0.25, 0.3) is 0 Å². The number of unbranched alkanes of at least 4 members (excludes halogenated alkanes) is 4. The molecule has 0 bridgehead atoms. The number of allylic oxidation sites excluding steroid dienone is 1. The van der Waals surface area contributed by atoms with Crippen LogP contribution in [0.25, 0.3) is 0 Å². The van der Waals surface area contributed by atoms with Gasteiger partial charge in [0, 0.05) is 5.57 Å².